The molecule has 2 aliphatic rings. The molecule has 2 aromatic heterocycles. The van der Waals surface area contributed by atoms with Crippen LogP contribution in [0.3, 0.4) is 0 Å². The van der Waals surface area contributed by atoms with Crippen molar-refractivity contribution in [2.75, 3.05) is 19.6 Å². The van der Waals surface area contributed by atoms with Crippen LogP contribution in [0, 0.1) is 5.92 Å². The van der Waals surface area contributed by atoms with Crippen molar-refractivity contribution in [3.63, 3.8) is 0 Å². The summed E-state index contributed by atoms with van der Waals surface area (Å²) in [7, 11) is 0. The van der Waals surface area contributed by atoms with Crippen molar-refractivity contribution >= 4 is 22.8 Å². The third-order valence-electron chi connectivity index (χ3n) is 6.90. The molecule has 0 bridgehead atoms. The lowest BCUT2D eigenvalue weighted by Crippen LogP contribution is -2.41. The molecule has 0 spiro atoms. The van der Waals surface area contributed by atoms with Crippen LogP contribution in [-0.2, 0) is 16.1 Å². The van der Waals surface area contributed by atoms with Gasteiger partial charge >= 0.3 is 0 Å². The maximum Gasteiger partial charge on any atom is 0.229 e. The zero-order valence-electron chi connectivity index (χ0n) is 19.1. The van der Waals surface area contributed by atoms with Crippen LogP contribution in [0.25, 0.3) is 11.0 Å². The summed E-state index contributed by atoms with van der Waals surface area (Å²) in [5, 5.41) is 8.99. The first-order chi connectivity index (χ1) is 16.1. The molecule has 1 saturated heterocycles. The van der Waals surface area contributed by atoms with Gasteiger partial charge in [-0.3, -0.25) is 9.59 Å². The van der Waals surface area contributed by atoms with Crippen LogP contribution in [0.15, 0.2) is 48.7 Å². The van der Waals surface area contributed by atoms with Crippen LogP contribution in [0.1, 0.15) is 55.7 Å². The molecule has 1 N–H and O–H groups in total. The van der Waals surface area contributed by atoms with Gasteiger partial charge < -0.3 is 10.2 Å². The van der Waals surface area contributed by atoms with Crippen molar-refractivity contribution in [1.82, 2.24) is 25.0 Å². The van der Waals surface area contributed by atoms with E-state index in [9.17, 15) is 9.59 Å². The number of hydrogen-bond acceptors (Lipinski definition) is 4. The largest absolute Gasteiger partial charge is 0.354 e. The third-order valence-corrected chi connectivity index (χ3v) is 6.90. The number of hydrogen-bond donors (Lipinski definition) is 1. The summed E-state index contributed by atoms with van der Waals surface area (Å²) < 4.78 is 1.91. The molecule has 1 aliphatic carbocycles. The van der Waals surface area contributed by atoms with Crippen LogP contribution in [-0.4, -0.2) is 51.1 Å². The predicted molar refractivity (Wildman–Crippen MR) is 127 cm³/mol. The van der Waals surface area contributed by atoms with E-state index in [2.05, 4.69) is 16.4 Å². The van der Waals surface area contributed by atoms with E-state index in [0.29, 0.717) is 19.6 Å². The second-order valence-corrected chi connectivity index (χ2v) is 9.30. The summed E-state index contributed by atoms with van der Waals surface area (Å²) >= 11 is 0. The molecule has 1 saturated carbocycles. The highest BCUT2D eigenvalue weighted by Gasteiger charge is 2.31. The van der Waals surface area contributed by atoms with E-state index in [1.807, 2.05) is 52.9 Å². The third kappa shape index (κ3) is 4.63. The number of nitrogens with zero attached hydrogens (tertiary/aromatic N) is 4. The standard InChI is InChI=1S/C26H31N5O2/c1-18(19-7-3-2-4-8-19)26(33)30-15-6-9-21(17-30)23-22-10-5-13-27-24(22)31(29-23)16-14-28-25(32)20-11-12-20/h2-5,7-8,10,13,18,20-21H,6,9,11-12,14-17H2,1H3,(H,28,32). The number of nitrogens with one attached hydrogen (secondary N) is 1. The van der Waals surface area contributed by atoms with Gasteiger partial charge in [0.25, 0.3) is 0 Å². The van der Waals surface area contributed by atoms with Crippen molar-refractivity contribution < 1.29 is 9.59 Å². The Bertz CT molecular complexity index is 1140. The molecule has 2 fully saturated rings. The summed E-state index contributed by atoms with van der Waals surface area (Å²) in [6.45, 7) is 4.59. The Morgan fingerprint density at radius 1 is 1.12 bits per heavy atom. The normalized spacial score (nSPS) is 19.4. The minimum atomic E-state index is -0.156. The minimum absolute atomic E-state index is 0.147. The Morgan fingerprint density at radius 2 is 1.94 bits per heavy atom. The quantitative estimate of drug-likeness (QED) is 0.604. The minimum Gasteiger partial charge on any atom is -0.354 e. The number of pyridine rings is 1. The first-order valence-corrected chi connectivity index (χ1v) is 12.0. The van der Waals surface area contributed by atoms with E-state index in [0.717, 1.165) is 54.5 Å². The fourth-order valence-electron chi connectivity index (χ4n) is 4.82. The second-order valence-electron chi connectivity index (χ2n) is 9.30. The molecular weight excluding hydrogens is 414 g/mol. The van der Waals surface area contributed by atoms with Crippen LogP contribution in [0.4, 0.5) is 0 Å². The SMILES string of the molecule is CC(C(=O)N1CCCC(c2nn(CCNC(=O)C3CC3)c3ncccc23)C1)c1ccccc1. The van der Waals surface area contributed by atoms with Gasteiger partial charge in [0, 0.05) is 43.1 Å². The van der Waals surface area contributed by atoms with Gasteiger partial charge in [-0.05, 0) is 50.3 Å². The predicted octanol–water partition coefficient (Wildman–Crippen LogP) is 3.47. The Balaban J connectivity index is 1.31. The molecule has 5 rings (SSSR count). The highest BCUT2D eigenvalue weighted by molar-refractivity contribution is 5.84. The molecule has 3 aromatic rings. The van der Waals surface area contributed by atoms with Crippen LogP contribution in [0.2, 0.25) is 0 Å². The lowest BCUT2D eigenvalue weighted by molar-refractivity contribution is -0.133. The number of fused-ring (bicyclic) bond motifs is 1. The van der Waals surface area contributed by atoms with Crippen LogP contribution in [0.5, 0.6) is 0 Å². The molecule has 172 valence electrons. The average molecular weight is 446 g/mol. The van der Waals surface area contributed by atoms with Crippen LogP contribution < -0.4 is 5.32 Å². The summed E-state index contributed by atoms with van der Waals surface area (Å²) in [6, 6.07) is 14.0. The lowest BCUT2D eigenvalue weighted by atomic mass is 9.91. The lowest BCUT2D eigenvalue weighted by Gasteiger charge is -2.34. The van der Waals surface area contributed by atoms with Gasteiger partial charge in [-0.2, -0.15) is 5.10 Å². The number of amides is 2. The Hall–Kier alpha value is -3.22. The number of likely N-dealkylation sites (tertiary alicyclic amines) is 1. The zero-order valence-corrected chi connectivity index (χ0v) is 19.1. The highest BCUT2D eigenvalue weighted by Crippen LogP contribution is 2.32. The topological polar surface area (TPSA) is 80.1 Å². The highest BCUT2D eigenvalue weighted by atomic mass is 16.2. The monoisotopic (exact) mass is 445 g/mol. The Morgan fingerprint density at radius 3 is 2.73 bits per heavy atom. The number of aromatic nitrogens is 3. The van der Waals surface area contributed by atoms with Gasteiger partial charge in [-0.15, -0.1) is 0 Å². The smallest absolute Gasteiger partial charge is 0.229 e. The molecule has 2 unspecified atom stereocenters. The molecule has 7 nitrogen and oxygen atoms in total. The Kier molecular flexibility index (Phi) is 6.11. The van der Waals surface area contributed by atoms with Crippen molar-refractivity contribution in [2.24, 2.45) is 5.92 Å². The van der Waals surface area contributed by atoms with E-state index in [4.69, 9.17) is 5.10 Å². The van der Waals surface area contributed by atoms with Crippen molar-refractivity contribution in [3.8, 4) is 0 Å². The van der Waals surface area contributed by atoms with Gasteiger partial charge in [0.1, 0.15) is 0 Å². The molecule has 33 heavy (non-hydrogen) atoms. The van der Waals surface area contributed by atoms with E-state index in [1.54, 1.807) is 6.20 Å². The summed E-state index contributed by atoms with van der Waals surface area (Å²) in [6.07, 6.45) is 5.75. The summed E-state index contributed by atoms with van der Waals surface area (Å²) in [4.78, 5) is 31.8. The molecule has 1 aromatic carbocycles. The zero-order chi connectivity index (χ0) is 22.8. The van der Waals surface area contributed by atoms with Crippen LogP contribution >= 0.6 is 0 Å². The van der Waals surface area contributed by atoms with E-state index >= 15 is 0 Å². The first-order valence-electron chi connectivity index (χ1n) is 12.0. The first kappa shape index (κ1) is 21.6. The summed E-state index contributed by atoms with van der Waals surface area (Å²) in [5.74, 6) is 0.553. The number of carbonyl (C=O) groups excluding carboxylic acids is 2. The Labute approximate surface area is 194 Å². The van der Waals surface area contributed by atoms with E-state index < -0.39 is 0 Å². The van der Waals surface area contributed by atoms with Gasteiger partial charge in [-0.25, -0.2) is 9.67 Å². The van der Waals surface area contributed by atoms with Gasteiger partial charge in [-0.1, -0.05) is 30.3 Å². The average Bonchev–Trinajstić information content (AvgIpc) is 3.66. The van der Waals surface area contributed by atoms with E-state index in [-0.39, 0.29) is 29.6 Å². The maximum absolute atomic E-state index is 13.3. The van der Waals surface area contributed by atoms with Crippen molar-refractivity contribution in [1.29, 1.82) is 0 Å². The molecular formula is C26H31N5O2. The molecule has 2 atom stereocenters. The molecule has 1 aliphatic heterocycles. The van der Waals surface area contributed by atoms with Crippen molar-refractivity contribution in [2.45, 2.75) is 51.0 Å². The van der Waals surface area contributed by atoms with E-state index in [1.165, 1.54) is 0 Å². The second kappa shape index (κ2) is 9.33. The van der Waals surface area contributed by atoms with Gasteiger partial charge in [0.15, 0.2) is 5.65 Å². The van der Waals surface area contributed by atoms with Crippen molar-refractivity contribution in [3.05, 3.63) is 59.9 Å². The molecule has 2 amide bonds. The van der Waals surface area contributed by atoms with Gasteiger partial charge in [0.05, 0.1) is 18.2 Å². The fourth-order valence-corrected chi connectivity index (χ4v) is 4.82. The molecule has 7 heteroatoms. The molecule has 0 radical (unpaired) electrons. The molecule has 3 heterocycles. The number of benzene rings is 1. The van der Waals surface area contributed by atoms with Gasteiger partial charge in [0.2, 0.25) is 11.8 Å². The summed E-state index contributed by atoms with van der Waals surface area (Å²) in [5.41, 5.74) is 2.91. The number of piperidine rings is 1. The number of rotatable bonds is 7. The maximum atomic E-state index is 13.3. The number of carbonyl (C=O) groups is 2. The fraction of sp³-hybridized carbons (Fsp3) is 0.462.